The van der Waals surface area contributed by atoms with Gasteiger partial charge in [0.2, 0.25) is 0 Å². The van der Waals surface area contributed by atoms with Gasteiger partial charge in [0, 0.05) is 0 Å². The minimum Gasteiger partial charge on any atom is -0.459 e. The molecule has 1 fully saturated rings. The summed E-state index contributed by atoms with van der Waals surface area (Å²) < 4.78 is 5.41. The number of nitrogens with two attached hydrogens (primary N) is 1. The molecule has 0 aromatic carbocycles. The average molecular weight is 227 g/mol. The summed E-state index contributed by atoms with van der Waals surface area (Å²) in [5.41, 5.74) is 4.99. The topological polar surface area (TPSA) is 52.3 Å². The predicted molar refractivity (Wildman–Crippen MR) is 64.9 cm³/mol. The van der Waals surface area contributed by atoms with Crippen LogP contribution in [-0.2, 0) is 9.53 Å². The Morgan fingerprint density at radius 3 is 2.06 bits per heavy atom. The number of esters is 1. The van der Waals surface area contributed by atoms with Gasteiger partial charge in [-0.3, -0.25) is 4.79 Å². The zero-order chi connectivity index (χ0) is 12.6. The van der Waals surface area contributed by atoms with E-state index in [1.165, 1.54) is 0 Å². The van der Waals surface area contributed by atoms with Crippen molar-refractivity contribution >= 4 is 5.97 Å². The Morgan fingerprint density at radius 2 is 1.69 bits per heavy atom. The van der Waals surface area contributed by atoms with Crippen LogP contribution in [0, 0.1) is 11.8 Å². The molecule has 0 spiro atoms. The molecule has 1 rings (SSSR count). The van der Waals surface area contributed by atoms with E-state index in [9.17, 15) is 4.79 Å². The first-order valence-corrected chi connectivity index (χ1v) is 6.15. The van der Waals surface area contributed by atoms with Crippen LogP contribution in [0.15, 0.2) is 0 Å². The molecule has 16 heavy (non-hydrogen) atoms. The highest BCUT2D eigenvalue weighted by Gasteiger charge is 2.43. The summed E-state index contributed by atoms with van der Waals surface area (Å²) >= 11 is 0. The molecule has 2 atom stereocenters. The average Bonchev–Trinajstić information content (AvgIpc) is 1.97. The zero-order valence-corrected chi connectivity index (χ0v) is 11.2. The molecule has 0 aromatic rings. The van der Waals surface area contributed by atoms with Crippen LogP contribution in [0.1, 0.15) is 53.9 Å². The summed E-state index contributed by atoms with van der Waals surface area (Å²) in [4.78, 5) is 12.1. The van der Waals surface area contributed by atoms with Crippen LogP contribution < -0.4 is 5.73 Å². The van der Waals surface area contributed by atoms with Crippen molar-refractivity contribution in [3.63, 3.8) is 0 Å². The van der Waals surface area contributed by atoms with Crippen molar-refractivity contribution < 1.29 is 9.53 Å². The number of ether oxygens (including phenoxy) is 1. The lowest BCUT2D eigenvalue weighted by Gasteiger charge is -2.39. The van der Waals surface area contributed by atoms with E-state index < -0.39 is 11.1 Å². The van der Waals surface area contributed by atoms with E-state index >= 15 is 0 Å². The van der Waals surface area contributed by atoms with Gasteiger partial charge < -0.3 is 10.5 Å². The van der Waals surface area contributed by atoms with Crippen molar-refractivity contribution in [2.75, 3.05) is 0 Å². The monoisotopic (exact) mass is 227 g/mol. The largest absolute Gasteiger partial charge is 0.459 e. The van der Waals surface area contributed by atoms with Crippen LogP contribution in [0.4, 0.5) is 0 Å². The molecule has 0 aromatic heterocycles. The fourth-order valence-electron chi connectivity index (χ4n) is 2.73. The molecule has 0 heterocycles. The molecular weight excluding hydrogens is 202 g/mol. The first kappa shape index (κ1) is 13.5. The Labute approximate surface area is 98.7 Å². The fraction of sp³-hybridized carbons (Fsp3) is 0.923. The lowest BCUT2D eigenvalue weighted by atomic mass is 9.72. The normalized spacial score (nSPS) is 35.9. The first-order valence-electron chi connectivity index (χ1n) is 6.15. The Kier molecular flexibility index (Phi) is 3.68. The van der Waals surface area contributed by atoms with E-state index in [2.05, 4.69) is 13.8 Å². The number of carbonyl (C=O) groups is 1. The Hall–Kier alpha value is -0.570. The maximum Gasteiger partial charge on any atom is 0.326 e. The molecule has 0 aliphatic heterocycles. The molecule has 3 nitrogen and oxygen atoms in total. The summed E-state index contributed by atoms with van der Waals surface area (Å²) in [5.74, 6) is 0.765. The number of hydrogen-bond donors (Lipinski definition) is 1. The van der Waals surface area contributed by atoms with Crippen molar-refractivity contribution in [3.8, 4) is 0 Å². The van der Waals surface area contributed by atoms with E-state index in [1.54, 1.807) is 0 Å². The van der Waals surface area contributed by atoms with E-state index in [1.807, 2.05) is 20.8 Å². The van der Waals surface area contributed by atoms with E-state index in [-0.39, 0.29) is 5.97 Å². The van der Waals surface area contributed by atoms with Gasteiger partial charge in [0.15, 0.2) is 0 Å². The van der Waals surface area contributed by atoms with Crippen LogP contribution in [-0.4, -0.2) is 17.1 Å². The minimum absolute atomic E-state index is 0.238. The number of hydrogen-bond acceptors (Lipinski definition) is 3. The van der Waals surface area contributed by atoms with Gasteiger partial charge in [0.05, 0.1) is 0 Å². The van der Waals surface area contributed by atoms with Crippen molar-refractivity contribution in [2.24, 2.45) is 17.6 Å². The van der Waals surface area contributed by atoms with E-state index in [0.29, 0.717) is 11.8 Å². The molecule has 3 heteroatoms. The zero-order valence-electron chi connectivity index (χ0n) is 11.2. The molecular formula is C13H25NO2. The highest BCUT2D eigenvalue weighted by molar-refractivity contribution is 5.81. The van der Waals surface area contributed by atoms with Gasteiger partial charge in [-0.25, -0.2) is 0 Å². The summed E-state index contributed by atoms with van der Waals surface area (Å²) in [6.07, 6.45) is 2.64. The van der Waals surface area contributed by atoms with E-state index in [0.717, 1.165) is 19.3 Å². The summed E-state index contributed by atoms with van der Waals surface area (Å²) in [6, 6.07) is 0. The molecule has 2 N–H and O–H groups in total. The second-order valence-electron chi connectivity index (χ2n) is 6.51. The van der Waals surface area contributed by atoms with Crippen molar-refractivity contribution in [1.82, 2.24) is 0 Å². The summed E-state index contributed by atoms with van der Waals surface area (Å²) in [7, 11) is 0. The Bertz CT molecular complexity index is 258. The maximum absolute atomic E-state index is 12.1. The second kappa shape index (κ2) is 4.36. The Morgan fingerprint density at radius 1 is 1.25 bits per heavy atom. The smallest absolute Gasteiger partial charge is 0.326 e. The molecule has 0 amide bonds. The molecule has 0 saturated heterocycles. The van der Waals surface area contributed by atoms with Gasteiger partial charge in [-0.1, -0.05) is 13.8 Å². The maximum atomic E-state index is 12.1. The van der Waals surface area contributed by atoms with Crippen LogP contribution in [0.2, 0.25) is 0 Å². The summed E-state index contributed by atoms with van der Waals surface area (Å²) in [6.45, 7) is 9.95. The Balaban J connectivity index is 2.72. The molecule has 0 unspecified atom stereocenters. The molecule has 0 bridgehead atoms. The summed E-state index contributed by atoms with van der Waals surface area (Å²) in [5, 5.41) is 0. The van der Waals surface area contributed by atoms with Crippen LogP contribution in [0.3, 0.4) is 0 Å². The highest BCUT2D eigenvalue weighted by Crippen LogP contribution is 2.35. The van der Waals surface area contributed by atoms with Crippen LogP contribution >= 0.6 is 0 Å². The molecule has 1 aliphatic rings. The van der Waals surface area contributed by atoms with Gasteiger partial charge >= 0.3 is 5.97 Å². The SMILES string of the molecule is C[C@H]1C[C@H](C)CC(N)(C(=O)OC(C)(C)C)C1. The van der Waals surface area contributed by atoms with Gasteiger partial charge in [0.1, 0.15) is 11.1 Å². The van der Waals surface area contributed by atoms with Gasteiger partial charge in [-0.15, -0.1) is 0 Å². The standard InChI is InChI=1S/C13H25NO2/c1-9-6-10(2)8-13(14,7-9)11(15)16-12(3,4)5/h9-10H,6-8,14H2,1-5H3/t9-,10-/m0/s1. The van der Waals surface area contributed by atoms with E-state index in [4.69, 9.17) is 10.5 Å². The molecule has 94 valence electrons. The number of carbonyl (C=O) groups excluding carboxylic acids is 1. The molecule has 1 aliphatic carbocycles. The lowest BCUT2D eigenvalue weighted by molar-refractivity contribution is -0.164. The third kappa shape index (κ3) is 3.48. The number of rotatable bonds is 1. The van der Waals surface area contributed by atoms with Crippen LogP contribution in [0.25, 0.3) is 0 Å². The van der Waals surface area contributed by atoms with Crippen molar-refractivity contribution in [3.05, 3.63) is 0 Å². The predicted octanol–water partition coefficient (Wildman–Crippen LogP) is 2.48. The second-order valence-corrected chi connectivity index (χ2v) is 6.51. The van der Waals surface area contributed by atoms with Gasteiger partial charge in [-0.05, 0) is 51.9 Å². The minimum atomic E-state index is -0.773. The van der Waals surface area contributed by atoms with Crippen LogP contribution in [0.5, 0.6) is 0 Å². The quantitative estimate of drug-likeness (QED) is 0.700. The first-order chi connectivity index (χ1) is 7.12. The van der Waals surface area contributed by atoms with Gasteiger partial charge in [-0.2, -0.15) is 0 Å². The molecule has 1 saturated carbocycles. The third-order valence-corrected chi connectivity index (χ3v) is 3.04. The lowest BCUT2D eigenvalue weighted by Crippen LogP contribution is -2.55. The van der Waals surface area contributed by atoms with Crippen molar-refractivity contribution in [1.29, 1.82) is 0 Å². The highest BCUT2D eigenvalue weighted by atomic mass is 16.6. The van der Waals surface area contributed by atoms with Gasteiger partial charge in [0.25, 0.3) is 0 Å². The molecule has 0 radical (unpaired) electrons. The van der Waals surface area contributed by atoms with Crippen molar-refractivity contribution in [2.45, 2.75) is 65.0 Å². The third-order valence-electron chi connectivity index (χ3n) is 3.04. The fourth-order valence-corrected chi connectivity index (χ4v) is 2.73.